The second-order valence-electron chi connectivity index (χ2n) is 6.38. The van der Waals surface area contributed by atoms with E-state index in [4.69, 9.17) is 0 Å². The molecule has 2 aromatic rings. The van der Waals surface area contributed by atoms with Gasteiger partial charge >= 0.3 is 0 Å². The fourth-order valence-corrected chi connectivity index (χ4v) is 3.10. The fourth-order valence-electron chi connectivity index (χ4n) is 3.10. The average molecular weight is 313 g/mol. The maximum absolute atomic E-state index is 12.0. The highest BCUT2D eigenvalue weighted by Gasteiger charge is 2.18. The van der Waals surface area contributed by atoms with Crippen molar-refractivity contribution < 1.29 is 4.79 Å². The molecule has 0 saturated heterocycles. The third kappa shape index (κ3) is 3.41. The summed E-state index contributed by atoms with van der Waals surface area (Å²) in [5, 5.41) is 7.33. The van der Waals surface area contributed by atoms with E-state index in [0.29, 0.717) is 24.0 Å². The van der Waals surface area contributed by atoms with Crippen LogP contribution >= 0.6 is 0 Å². The number of nitrogens with zero attached hydrogens (tertiary/aromatic N) is 4. The minimum Gasteiger partial charge on any atom is -0.323 e. The van der Waals surface area contributed by atoms with Crippen LogP contribution in [0.25, 0.3) is 5.95 Å². The number of carbonyl (C=O) groups excluding carboxylic acids is 1. The number of nitrogens with one attached hydrogen (secondary N) is 1. The van der Waals surface area contributed by atoms with Crippen LogP contribution in [0.5, 0.6) is 0 Å². The minimum atomic E-state index is 0.0511. The van der Waals surface area contributed by atoms with Crippen molar-refractivity contribution in [3.8, 4) is 5.95 Å². The third-order valence-corrected chi connectivity index (χ3v) is 4.71. The van der Waals surface area contributed by atoms with Crippen LogP contribution in [0.3, 0.4) is 0 Å². The fraction of sp³-hybridized carbons (Fsp3) is 0.529. The lowest BCUT2D eigenvalue weighted by Gasteiger charge is -2.09. The van der Waals surface area contributed by atoms with E-state index in [1.165, 1.54) is 25.7 Å². The van der Waals surface area contributed by atoms with Gasteiger partial charge in [0.2, 0.25) is 5.91 Å². The average Bonchev–Trinajstić information content (AvgIpc) is 3.12. The van der Waals surface area contributed by atoms with Gasteiger partial charge in [0.15, 0.2) is 0 Å². The van der Waals surface area contributed by atoms with Crippen molar-refractivity contribution in [3.05, 3.63) is 29.3 Å². The van der Waals surface area contributed by atoms with Gasteiger partial charge in [0, 0.05) is 12.1 Å². The van der Waals surface area contributed by atoms with Crippen LogP contribution in [-0.4, -0.2) is 25.7 Å². The first-order chi connectivity index (χ1) is 11.0. The topological polar surface area (TPSA) is 72.7 Å². The Hall–Kier alpha value is -2.24. The van der Waals surface area contributed by atoms with Crippen LogP contribution < -0.4 is 5.32 Å². The molecule has 0 unspecified atom stereocenters. The summed E-state index contributed by atoms with van der Waals surface area (Å²) in [7, 11) is 0. The van der Waals surface area contributed by atoms with Crippen LogP contribution in [0.4, 0.5) is 5.69 Å². The number of aromatic nitrogens is 4. The van der Waals surface area contributed by atoms with Gasteiger partial charge in [-0.15, -0.1) is 0 Å². The smallest absolute Gasteiger partial charge is 0.250 e. The maximum Gasteiger partial charge on any atom is 0.250 e. The third-order valence-electron chi connectivity index (χ3n) is 4.71. The second kappa shape index (κ2) is 6.48. The lowest BCUT2D eigenvalue weighted by molar-refractivity contribution is -0.117. The van der Waals surface area contributed by atoms with Crippen LogP contribution in [-0.2, 0) is 4.79 Å². The Kier molecular flexibility index (Phi) is 4.41. The second-order valence-corrected chi connectivity index (χ2v) is 6.38. The van der Waals surface area contributed by atoms with Gasteiger partial charge in [0.25, 0.3) is 5.95 Å². The molecule has 1 N–H and O–H groups in total. The minimum absolute atomic E-state index is 0.0511. The van der Waals surface area contributed by atoms with Crippen LogP contribution in [0.2, 0.25) is 0 Å². The Morgan fingerprint density at radius 2 is 1.87 bits per heavy atom. The molecule has 0 atom stereocenters. The summed E-state index contributed by atoms with van der Waals surface area (Å²) in [6.45, 7) is 6.00. The SMILES string of the molecule is Cc1nn(-c2ncc(NC(=O)CC3CCCC3)cn2)c(C)c1C. The van der Waals surface area contributed by atoms with Crippen molar-refractivity contribution in [1.29, 1.82) is 0 Å². The van der Waals surface area contributed by atoms with E-state index >= 15 is 0 Å². The van der Waals surface area contributed by atoms with Gasteiger partial charge in [-0.25, -0.2) is 14.6 Å². The Labute approximate surface area is 136 Å². The lowest BCUT2D eigenvalue weighted by Crippen LogP contribution is -2.16. The Bertz CT molecular complexity index is 699. The number of aryl methyl sites for hydroxylation is 1. The number of hydrogen-bond acceptors (Lipinski definition) is 4. The van der Waals surface area contributed by atoms with Gasteiger partial charge < -0.3 is 5.32 Å². The van der Waals surface area contributed by atoms with Crippen molar-refractivity contribution in [1.82, 2.24) is 19.7 Å². The van der Waals surface area contributed by atoms with E-state index in [9.17, 15) is 4.79 Å². The first kappa shape index (κ1) is 15.6. The standard InChI is InChI=1S/C17H23N5O/c1-11-12(2)21-22(13(11)3)17-18-9-15(10-19-17)20-16(23)8-14-6-4-5-7-14/h9-10,14H,4-8H2,1-3H3,(H,20,23). The highest BCUT2D eigenvalue weighted by atomic mass is 16.1. The summed E-state index contributed by atoms with van der Waals surface area (Å²) in [6.07, 6.45) is 8.70. The van der Waals surface area contributed by atoms with Crippen molar-refractivity contribution in [3.63, 3.8) is 0 Å². The molecular formula is C17H23N5O. The summed E-state index contributed by atoms with van der Waals surface area (Å²) < 4.78 is 1.73. The Morgan fingerprint density at radius 3 is 2.43 bits per heavy atom. The molecule has 6 nitrogen and oxygen atoms in total. The van der Waals surface area contributed by atoms with E-state index in [0.717, 1.165) is 17.0 Å². The predicted octanol–water partition coefficient (Wildman–Crippen LogP) is 3.11. The summed E-state index contributed by atoms with van der Waals surface area (Å²) in [5.41, 5.74) is 3.78. The first-order valence-corrected chi connectivity index (χ1v) is 8.19. The molecule has 2 aromatic heterocycles. The molecule has 23 heavy (non-hydrogen) atoms. The number of amides is 1. The van der Waals surface area contributed by atoms with E-state index < -0.39 is 0 Å². The van der Waals surface area contributed by atoms with Gasteiger partial charge in [0.1, 0.15) is 0 Å². The zero-order valence-corrected chi connectivity index (χ0v) is 14.0. The zero-order chi connectivity index (χ0) is 16.4. The first-order valence-electron chi connectivity index (χ1n) is 8.19. The van der Waals surface area contributed by atoms with E-state index in [2.05, 4.69) is 20.4 Å². The largest absolute Gasteiger partial charge is 0.323 e. The number of carbonyl (C=O) groups is 1. The highest BCUT2D eigenvalue weighted by molar-refractivity contribution is 5.90. The van der Waals surface area contributed by atoms with Crippen LogP contribution in [0.15, 0.2) is 12.4 Å². The molecule has 0 aromatic carbocycles. The molecule has 1 saturated carbocycles. The number of rotatable bonds is 4. The summed E-state index contributed by atoms with van der Waals surface area (Å²) >= 11 is 0. The summed E-state index contributed by atoms with van der Waals surface area (Å²) in [6, 6.07) is 0. The van der Waals surface area contributed by atoms with Crippen molar-refractivity contribution in [2.24, 2.45) is 5.92 Å². The molecule has 3 rings (SSSR count). The molecule has 1 fully saturated rings. The van der Waals surface area contributed by atoms with Crippen molar-refractivity contribution in [2.75, 3.05) is 5.32 Å². The van der Waals surface area contributed by atoms with Crippen molar-refractivity contribution in [2.45, 2.75) is 52.9 Å². The van der Waals surface area contributed by atoms with Gasteiger partial charge in [-0.3, -0.25) is 4.79 Å². The van der Waals surface area contributed by atoms with Gasteiger partial charge in [-0.1, -0.05) is 12.8 Å². The Morgan fingerprint density at radius 1 is 1.22 bits per heavy atom. The van der Waals surface area contributed by atoms with E-state index in [1.807, 2.05) is 20.8 Å². The quantitative estimate of drug-likeness (QED) is 0.941. The summed E-state index contributed by atoms with van der Waals surface area (Å²) in [5.74, 6) is 1.11. The Balaban J connectivity index is 1.67. The molecule has 122 valence electrons. The lowest BCUT2D eigenvalue weighted by atomic mass is 10.0. The monoisotopic (exact) mass is 313 g/mol. The maximum atomic E-state index is 12.0. The van der Waals surface area contributed by atoms with Crippen LogP contribution in [0.1, 0.15) is 49.1 Å². The molecule has 0 radical (unpaired) electrons. The molecule has 1 aliphatic rings. The number of anilines is 1. The van der Waals surface area contributed by atoms with Crippen molar-refractivity contribution >= 4 is 11.6 Å². The van der Waals surface area contributed by atoms with Crippen LogP contribution in [0, 0.1) is 26.7 Å². The molecule has 0 aliphatic heterocycles. The van der Waals surface area contributed by atoms with E-state index in [-0.39, 0.29) is 5.91 Å². The summed E-state index contributed by atoms with van der Waals surface area (Å²) in [4.78, 5) is 20.7. The molecule has 6 heteroatoms. The molecule has 1 aliphatic carbocycles. The number of hydrogen-bond donors (Lipinski definition) is 1. The normalized spacial score (nSPS) is 15.1. The van der Waals surface area contributed by atoms with Gasteiger partial charge in [0.05, 0.1) is 23.8 Å². The predicted molar refractivity (Wildman–Crippen MR) is 88.6 cm³/mol. The molecular weight excluding hydrogens is 290 g/mol. The van der Waals surface area contributed by atoms with E-state index in [1.54, 1.807) is 17.1 Å². The molecule has 0 spiro atoms. The molecule has 2 heterocycles. The molecule has 0 bridgehead atoms. The zero-order valence-electron chi connectivity index (χ0n) is 14.0. The van der Waals surface area contributed by atoms with Gasteiger partial charge in [-0.05, 0) is 45.1 Å². The van der Waals surface area contributed by atoms with Gasteiger partial charge in [-0.2, -0.15) is 5.10 Å². The molecule has 1 amide bonds. The highest BCUT2D eigenvalue weighted by Crippen LogP contribution is 2.27.